The number of hydrogen-bond acceptors (Lipinski definition) is 3. The average molecular weight is 355 g/mol. The van der Waals surface area contributed by atoms with Crippen molar-refractivity contribution in [2.45, 2.75) is 39.3 Å². The van der Waals surface area contributed by atoms with Crippen molar-refractivity contribution in [3.8, 4) is 0 Å². The van der Waals surface area contributed by atoms with E-state index < -0.39 is 0 Å². The van der Waals surface area contributed by atoms with Crippen LogP contribution in [0.5, 0.6) is 0 Å². The van der Waals surface area contributed by atoms with Crippen LogP contribution in [0.4, 0.5) is 5.69 Å². The van der Waals surface area contributed by atoms with Gasteiger partial charge in [0.15, 0.2) is 0 Å². The Morgan fingerprint density at radius 2 is 2.14 bits per heavy atom. The van der Waals surface area contributed by atoms with Crippen LogP contribution in [0.2, 0.25) is 0 Å². The molecule has 0 unspecified atom stereocenters. The second-order valence-electron chi connectivity index (χ2n) is 6.13. The standard InChI is InChI=1S/C17H27BrN2O/c1-13(2)20(12-14-4-5-14)16-7-6-15(17(18)10-16)11-19-8-9-21-3/h6-7,10,13-14,19H,4-5,8-9,11-12H2,1-3H3. The maximum absolute atomic E-state index is 5.05. The lowest BCUT2D eigenvalue weighted by Gasteiger charge is -2.29. The van der Waals surface area contributed by atoms with E-state index in [0.717, 1.165) is 25.6 Å². The zero-order valence-corrected chi connectivity index (χ0v) is 14.9. The van der Waals surface area contributed by atoms with Gasteiger partial charge in [0, 0.05) is 42.9 Å². The van der Waals surface area contributed by atoms with Crippen LogP contribution in [0, 0.1) is 5.92 Å². The summed E-state index contributed by atoms with van der Waals surface area (Å²) in [5, 5.41) is 3.39. The van der Waals surface area contributed by atoms with Crippen LogP contribution in [0.1, 0.15) is 32.3 Å². The maximum Gasteiger partial charge on any atom is 0.0587 e. The molecule has 0 atom stereocenters. The Balaban J connectivity index is 1.98. The normalized spacial score (nSPS) is 14.7. The molecule has 0 amide bonds. The first-order valence-corrected chi connectivity index (χ1v) is 8.66. The van der Waals surface area contributed by atoms with Crippen LogP contribution in [-0.2, 0) is 11.3 Å². The lowest BCUT2D eigenvalue weighted by atomic mass is 10.1. The van der Waals surface area contributed by atoms with Crippen LogP contribution in [0.3, 0.4) is 0 Å². The fourth-order valence-corrected chi connectivity index (χ4v) is 2.96. The zero-order chi connectivity index (χ0) is 15.2. The number of halogens is 1. The third-order valence-electron chi connectivity index (χ3n) is 3.94. The summed E-state index contributed by atoms with van der Waals surface area (Å²) in [5.41, 5.74) is 2.62. The number of hydrogen-bond donors (Lipinski definition) is 1. The van der Waals surface area contributed by atoms with E-state index in [2.05, 4.69) is 58.2 Å². The number of anilines is 1. The molecule has 0 heterocycles. The number of methoxy groups -OCH3 is 1. The van der Waals surface area contributed by atoms with E-state index in [9.17, 15) is 0 Å². The Morgan fingerprint density at radius 3 is 2.71 bits per heavy atom. The second kappa shape index (κ2) is 8.16. The molecule has 1 aromatic rings. The Labute approximate surface area is 137 Å². The Hall–Kier alpha value is -0.580. The van der Waals surface area contributed by atoms with Crippen molar-refractivity contribution >= 4 is 21.6 Å². The van der Waals surface area contributed by atoms with Gasteiger partial charge in [-0.05, 0) is 50.3 Å². The van der Waals surface area contributed by atoms with E-state index >= 15 is 0 Å². The molecule has 1 aromatic carbocycles. The molecular formula is C17H27BrN2O. The maximum atomic E-state index is 5.05. The van der Waals surface area contributed by atoms with E-state index in [0.29, 0.717) is 6.04 Å². The third kappa shape index (κ3) is 5.28. The molecule has 0 radical (unpaired) electrons. The predicted molar refractivity (Wildman–Crippen MR) is 92.9 cm³/mol. The lowest BCUT2D eigenvalue weighted by molar-refractivity contribution is 0.199. The van der Waals surface area contributed by atoms with Gasteiger partial charge in [0.1, 0.15) is 0 Å². The SMILES string of the molecule is COCCNCc1ccc(N(CC2CC2)C(C)C)cc1Br. The minimum Gasteiger partial charge on any atom is -0.383 e. The molecule has 1 aliphatic rings. The predicted octanol–water partition coefficient (Wildman–Crippen LogP) is 3.81. The molecule has 21 heavy (non-hydrogen) atoms. The van der Waals surface area contributed by atoms with Crippen molar-refractivity contribution in [3.05, 3.63) is 28.2 Å². The number of ether oxygens (including phenoxy) is 1. The van der Waals surface area contributed by atoms with E-state index in [1.165, 1.54) is 35.1 Å². The van der Waals surface area contributed by atoms with Crippen LogP contribution in [-0.4, -0.2) is 32.8 Å². The Morgan fingerprint density at radius 1 is 1.38 bits per heavy atom. The van der Waals surface area contributed by atoms with Crippen LogP contribution in [0.15, 0.2) is 22.7 Å². The number of nitrogens with one attached hydrogen (secondary N) is 1. The Kier molecular flexibility index (Phi) is 6.52. The minimum absolute atomic E-state index is 0.545. The van der Waals surface area contributed by atoms with E-state index in [1.807, 2.05) is 0 Å². The molecule has 1 aliphatic carbocycles. The number of nitrogens with zero attached hydrogens (tertiary/aromatic N) is 1. The quantitative estimate of drug-likeness (QED) is 0.682. The fraction of sp³-hybridized carbons (Fsp3) is 0.647. The van der Waals surface area contributed by atoms with Crippen molar-refractivity contribution in [2.24, 2.45) is 5.92 Å². The highest BCUT2D eigenvalue weighted by molar-refractivity contribution is 9.10. The summed E-state index contributed by atoms with van der Waals surface area (Å²) in [6, 6.07) is 7.28. The van der Waals surface area contributed by atoms with Crippen LogP contribution < -0.4 is 10.2 Å². The average Bonchev–Trinajstić information content (AvgIpc) is 3.26. The van der Waals surface area contributed by atoms with Gasteiger partial charge in [0.2, 0.25) is 0 Å². The lowest BCUT2D eigenvalue weighted by Crippen LogP contribution is -2.32. The minimum atomic E-state index is 0.545. The second-order valence-corrected chi connectivity index (χ2v) is 6.99. The molecule has 0 aromatic heterocycles. The van der Waals surface area contributed by atoms with Gasteiger partial charge < -0.3 is 15.0 Å². The van der Waals surface area contributed by atoms with Crippen molar-refractivity contribution in [3.63, 3.8) is 0 Å². The summed E-state index contributed by atoms with van der Waals surface area (Å²) in [7, 11) is 1.73. The van der Waals surface area contributed by atoms with E-state index in [-0.39, 0.29) is 0 Å². The Bertz CT molecular complexity index is 446. The summed E-state index contributed by atoms with van der Waals surface area (Å²) in [4.78, 5) is 2.52. The first-order chi connectivity index (χ1) is 10.1. The topological polar surface area (TPSA) is 24.5 Å². The molecule has 0 spiro atoms. The van der Waals surface area contributed by atoms with E-state index in [4.69, 9.17) is 4.74 Å². The number of benzene rings is 1. The first-order valence-electron chi connectivity index (χ1n) is 7.86. The largest absolute Gasteiger partial charge is 0.383 e. The molecular weight excluding hydrogens is 328 g/mol. The van der Waals surface area contributed by atoms with Gasteiger partial charge in [0.25, 0.3) is 0 Å². The molecule has 0 saturated heterocycles. The van der Waals surface area contributed by atoms with Crippen LogP contribution in [0.25, 0.3) is 0 Å². The van der Waals surface area contributed by atoms with Gasteiger partial charge in [-0.15, -0.1) is 0 Å². The van der Waals surface area contributed by atoms with Crippen molar-refractivity contribution < 1.29 is 4.74 Å². The van der Waals surface area contributed by atoms with Gasteiger partial charge in [-0.3, -0.25) is 0 Å². The van der Waals surface area contributed by atoms with E-state index in [1.54, 1.807) is 7.11 Å². The first kappa shape index (κ1) is 16.8. The highest BCUT2D eigenvalue weighted by atomic mass is 79.9. The van der Waals surface area contributed by atoms with Crippen molar-refractivity contribution in [1.29, 1.82) is 0 Å². The summed E-state index contributed by atoms with van der Waals surface area (Å²) >= 11 is 3.72. The van der Waals surface area contributed by atoms with Crippen molar-refractivity contribution in [1.82, 2.24) is 5.32 Å². The molecule has 118 valence electrons. The zero-order valence-electron chi connectivity index (χ0n) is 13.4. The van der Waals surface area contributed by atoms with Gasteiger partial charge in [-0.25, -0.2) is 0 Å². The molecule has 0 bridgehead atoms. The fourth-order valence-electron chi connectivity index (χ4n) is 2.45. The molecule has 4 heteroatoms. The van der Waals surface area contributed by atoms with Gasteiger partial charge in [0.05, 0.1) is 6.61 Å². The van der Waals surface area contributed by atoms with Gasteiger partial charge in [-0.1, -0.05) is 22.0 Å². The molecule has 0 aliphatic heterocycles. The summed E-state index contributed by atoms with van der Waals surface area (Å²) in [6.45, 7) is 8.24. The molecule has 2 rings (SSSR count). The van der Waals surface area contributed by atoms with Crippen LogP contribution >= 0.6 is 15.9 Å². The van der Waals surface area contributed by atoms with Gasteiger partial charge >= 0.3 is 0 Å². The molecule has 1 fully saturated rings. The highest BCUT2D eigenvalue weighted by Gasteiger charge is 2.25. The van der Waals surface area contributed by atoms with Gasteiger partial charge in [-0.2, -0.15) is 0 Å². The molecule has 1 saturated carbocycles. The number of rotatable bonds is 9. The molecule has 1 N–H and O–H groups in total. The third-order valence-corrected chi connectivity index (χ3v) is 4.68. The van der Waals surface area contributed by atoms with Crippen molar-refractivity contribution in [2.75, 3.05) is 31.7 Å². The molecule has 3 nitrogen and oxygen atoms in total. The smallest absolute Gasteiger partial charge is 0.0587 e. The summed E-state index contributed by atoms with van der Waals surface area (Å²) in [6.07, 6.45) is 2.79. The highest BCUT2D eigenvalue weighted by Crippen LogP contribution is 2.33. The summed E-state index contributed by atoms with van der Waals surface area (Å²) in [5.74, 6) is 0.904. The monoisotopic (exact) mass is 354 g/mol. The summed E-state index contributed by atoms with van der Waals surface area (Å²) < 4.78 is 6.24.